The predicted molar refractivity (Wildman–Crippen MR) is 428 cm³/mol. The summed E-state index contributed by atoms with van der Waals surface area (Å²) in [5.41, 5.74) is 24.2. The Hall–Kier alpha value is -13.5. The van der Waals surface area contributed by atoms with Crippen LogP contribution in [0.3, 0.4) is 0 Å². The van der Waals surface area contributed by atoms with Crippen molar-refractivity contribution in [3.63, 3.8) is 0 Å². The summed E-state index contributed by atoms with van der Waals surface area (Å²) in [7, 11) is 0. The zero-order valence-corrected chi connectivity index (χ0v) is 55.0. The third kappa shape index (κ3) is 8.90. The number of aromatic nitrogens is 1. The largest absolute Gasteiger partial charge is 0.310 e. The first kappa shape index (κ1) is 56.7. The van der Waals surface area contributed by atoms with E-state index in [4.69, 9.17) is 0 Å². The highest BCUT2D eigenvalue weighted by atomic mass is 15.2. The fraction of sp³-hybridized carbons (Fsp3) is 0. The van der Waals surface area contributed by atoms with Gasteiger partial charge < -0.3 is 24.2 Å². The highest BCUT2D eigenvalue weighted by Gasteiger charge is 2.31. The minimum absolute atomic E-state index is 1.07. The molecule has 0 saturated carbocycles. The van der Waals surface area contributed by atoms with Crippen LogP contribution in [0.15, 0.2) is 370 Å². The van der Waals surface area contributed by atoms with Gasteiger partial charge in [-0.05, 0) is 210 Å². The molecule has 3 heterocycles. The summed E-state index contributed by atoms with van der Waals surface area (Å²) in [6.07, 6.45) is 0. The van der Waals surface area contributed by atoms with Crippen LogP contribution in [0.1, 0.15) is 0 Å². The van der Waals surface area contributed by atoms with Crippen LogP contribution in [-0.2, 0) is 0 Å². The molecule has 1 aromatic heterocycles. The van der Waals surface area contributed by atoms with Gasteiger partial charge in [0.1, 0.15) is 0 Å². The highest BCUT2D eigenvalue weighted by molar-refractivity contribution is 6.21. The summed E-state index contributed by atoms with van der Waals surface area (Å²) in [4.78, 5) is 9.74. The lowest BCUT2D eigenvalue weighted by atomic mass is 9.87. The lowest BCUT2D eigenvalue weighted by Gasteiger charge is -2.34. The first-order valence-electron chi connectivity index (χ1n) is 34.8. The molecular weight excluding hydrogens is 1220 g/mol. The van der Waals surface area contributed by atoms with E-state index in [-0.39, 0.29) is 0 Å². The molecule has 0 unspecified atom stereocenters. The molecule has 19 aromatic rings. The van der Waals surface area contributed by atoms with Crippen LogP contribution in [-0.4, -0.2) is 4.57 Å². The Morgan fingerprint density at radius 3 is 1.25 bits per heavy atom. The smallest absolute Gasteiger partial charge is 0.0561 e. The lowest BCUT2D eigenvalue weighted by molar-refractivity contribution is 1.18. The number of nitrogens with zero attached hydrogens (tertiary/aromatic N) is 5. The minimum atomic E-state index is 1.07. The Morgan fingerprint density at radius 2 is 0.624 bits per heavy atom. The van der Waals surface area contributed by atoms with Crippen molar-refractivity contribution in [1.29, 1.82) is 0 Å². The van der Waals surface area contributed by atoms with E-state index in [9.17, 15) is 0 Å². The van der Waals surface area contributed by atoms with Gasteiger partial charge in [0.2, 0.25) is 0 Å². The Morgan fingerprint density at radius 1 is 0.208 bits per heavy atom. The maximum Gasteiger partial charge on any atom is 0.0561 e. The molecule has 0 aliphatic carbocycles. The fourth-order valence-corrected chi connectivity index (χ4v) is 16.8. The molecule has 0 fully saturated rings. The zero-order valence-electron chi connectivity index (χ0n) is 55.0. The zero-order chi connectivity index (χ0) is 66.2. The Balaban J connectivity index is 0.647. The highest BCUT2D eigenvalue weighted by Crippen LogP contribution is 2.56. The predicted octanol–water partition coefficient (Wildman–Crippen LogP) is 27.2. The van der Waals surface area contributed by atoms with Crippen LogP contribution >= 0.6 is 0 Å². The molecule has 101 heavy (non-hydrogen) atoms. The Labute approximate surface area is 584 Å². The third-order valence-electron chi connectivity index (χ3n) is 21.3. The SMILES string of the molecule is c1ccc(N(c2ccc(N3c4ccc5ccccc5c4-c4cccc5cccc3c45)cc2)c2ccc3c4ccc(-c5ccc6cc(N(c7ccc(N8c9ccc%10ccccc%10c9-c9cccc%10cccc8c9%10)cc7)c7cccc8ccccc78)ccc6c5)cc4n(-c4ccccc4)c3c2)cc1. The number of benzene rings is 18. The molecule has 0 saturated heterocycles. The second kappa shape index (κ2) is 22.5. The van der Waals surface area contributed by atoms with Crippen LogP contribution in [0.2, 0.25) is 0 Å². The third-order valence-corrected chi connectivity index (χ3v) is 21.3. The van der Waals surface area contributed by atoms with Gasteiger partial charge in [-0.15, -0.1) is 0 Å². The summed E-state index contributed by atoms with van der Waals surface area (Å²) in [6, 6.07) is 137. The molecule has 0 radical (unpaired) electrons. The molecule has 5 nitrogen and oxygen atoms in total. The molecule has 0 bridgehead atoms. The van der Waals surface area contributed by atoms with Crippen molar-refractivity contribution in [2.75, 3.05) is 19.6 Å². The number of rotatable bonds is 10. The Kier molecular flexibility index (Phi) is 12.7. The standard InChI is InChI=1S/C96H61N5/c1-3-26-71(27-4-1)97(73-45-49-75(50-46-73)99-87-36-16-24-65-22-13-33-84(93(65)87)95-80-31-11-8-19-63(80)42-56-89(95)99)78-53-55-83-82-54-41-70(60-91(82)101(92(83)61-78)72-28-5-2-6-29-72)67-38-39-69-59-77(44-40-68(69)58-67)98(86-35-15-21-62-18-7-10-30-79(62)86)74-47-51-76(52-48-74)100-88-37-17-25-66-23-14-34-85(94(66)88)96-81-32-12-9-20-64(81)43-57-90(96)100/h1-61H. The van der Waals surface area contributed by atoms with Crippen LogP contribution in [0.4, 0.5) is 68.2 Å². The normalized spacial score (nSPS) is 12.3. The second-order valence-corrected chi connectivity index (χ2v) is 26.8. The summed E-state index contributed by atoms with van der Waals surface area (Å²) in [6.45, 7) is 0. The lowest BCUT2D eigenvalue weighted by Crippen LogP contribution is -2.16. The topological polar surface area (TPSA) is 17.9 Å². The first-order chi connectivity index (χ1) is 50.1. The molecule has 5 heteroatoms. The van der Waals surface area contributed by atoms with Gasteiger partial charge in [0, 0.05) is 83.6 Å². The maximum absolute atomic E-state index is 2.46. The number of hydrogen-bond acceptors (Lipinski definition) is 4. The summed E-state index contributed by atoms with van der Waals surface area (Å²) < 4.78 is 2.45. The van der Waals surface area contributed by atoms with Crippen LogP contribution in [0.5, 0.6) is 0 Å². The number of anilines is 12. The van der Waals surface area contributed by atoms with Gasteiger partial charge in [-0.3, -0.25) is 0 Å². The van der Waals surface area contributed by atoms with E-state index in [2.05, 4.69) is 394 Å². The van der Waals surface area contributed by atoms with Crippen LogP contribution in [0, 0.1) is 0 Å². The van der Waals surface area contributed by atoms with E-state index >= 15 is 0 Å². The van der Waals surface area contributed by atoms with Crippen molar-refractivity contribution in [2.24, 2.45) is 0 Å². The second-order valence-electron chi connectivity index (χ2n) is 26.8. The minimum Gasteiger partial charge on any atom is -0.310 e. The van der Waals surface area contributed by atoms with Gasteiger partial charge in [-0.25, -0.2) is 0 Å². The molecular formula is C96H61N5. The van der Waals surface area contributed by atoms with E-state index in [1.54, 1.807) is 0 Å². The first-order valence-corrected chi connectivity index (χ1v) is 34.8. The van der Waals surface area contributed by atoms with Crippen molar-refractivity contribution in [3.05, 3.63) is 370 Å². The van der Waals surface area contributed by atoms with Crippen molar-refractivity contribution in [2.45, 2.75) is 0 Å². The summed E-state index contributed by atoms with van der Waals surface area (Å²) in [5.74, 6) is 0. The average molecular weight is 1280 g/mol. The fourth-order valence-electron chi connectivity index (χ4n) is 16.8. The van der Waals surface area contributed by atoms with E-state index in [1.165, 1.54) is 115 Å². The number of fused-ring (bicyclic) bond motifs is 13. The molecule has 2 aliphatic rings. The molecule has 0 spiro atoms. The van der Waals surface area contributed by atoms with Gasteiger partial charge in [0.15, 0.2) is 0 Å². The quantitative estimate of drug-likeness (QED) is 0.136. The van der Waals surface area contributed by atoms with Crippen LogP contribution < -0.4 is 19.6 Å². The molecule has 0 amide bonds. The van der Waals surface area contributed by atoms with Gasteiger partial charge in [-0.1, -0.05) is 231 Å². The number of para-hydroxylation sites is 2. The van der Waals surface area contributed by atoms with E-state index in [0.717, 1.165) is 78.7 Å². The van der Waals surface area contributed by atoms with Crippen molar-refractivity contribution >= 4 is 155 Å². The maximum atomic E-state index is 2.46. The molecule has 470 valence electrons. The monoisotopic (exact) mass is 1280 g/mol. The molecule has 21 rings (SSSR count). The van der Waals surface area contributed by atoms with Crippen LogP contribution in [0.25, 0.3) is 126 Å². The van der Waals surface area contributed by atoms with Gasteiger partial charge in [0.25, 0.3) is 0 Å². The van der Waals surface area contributed by atoms with Crippen molar-refractivity contribution in [1.82, 2.24) is 4.57 Å². The van der Waals surface area contributed by atoms with Crippen molar-refractivity contribution in [3.8, 4) is 39.1 Å². The van der Waals surface area contributed by atoms with E-state index < -0.39 is 0 Å². The van der Waals surface area contributed by atoms with Gasteiger partial charge >= 0.3 is 0 Å². The average Bonchev–Trinajstić information content (AvgIpc) is 1.38. The molecule has 2 aliphatic heterocycles. The molecule has 0 atom stereocenters. The van der Waals surface area contributed by atoms with Crippen molar-refractivity contribution < 1.29 is 0 Å². The van der Waals surface area contributed by atoms with Gasteiger partial charge in [0.05, 0.1) is 39.5 Å². The molecule has 18 aromatic carbocycles. The number of hydrogen-bond donors (Lipinski definition) is 0. The molecule has 0 N–H and O–H groups in total. The summed E-state index contributed by atoms with van der Waals surface area (Å²) in [5, 5.41) is 17.1. The Bertz CT molecular complexity index is 6580. The van der Waals surface area contributed by atoms with E-state index in [1.807, 2.05) is 0 Å². The van der Waals surface area contributed by atoms with Gasteiger partial charge in [-0.2, -0.15) is 0 Å². The van der Waals surface area contributed by atoms with E-state index in [0.29, 0.717) is 0 Å². The summed E-state index contributed by atoms with van der Waals surface area (Å²) >= 11 is 0.